The van der Waals surface area contributed by atoms with E-state index in [9.17, 15) is 0 Å². The Morgan fingerprint density at radius 3 is 2.83 bits per heavy atom. The molecule has 0 saturated heterocycles. The maximum Gasteiger partial charge on any atom is 0.240 e. The third-order valence-corrected chi connectivity index (χ3v) is 4.30. The molecule has 1 aliphatic rings. The molecule has 1 aliphatic carbocycles. The number of nitrogens with one attached hydrogen (secondary N) is 2. The molecule has 2 aromatic rings. The van der Waals surface area contributed by atoms with Gasteiger partial charge in [-0.25, -0.2) is 10.8 Å². The monoisotopic (exact) mass is 263 g/mol. The maximum atomic E-state index is 5.42. The number of anilines is 2. The average Bonchev–Trinajstić information content (AvgIpc) is 2.67. The highest BCUT2D eigenvalue weighted by Gasteiger charge is 2.26. The molecular weight excluding hydrogens is 246 g/mol. The minimum atomic E-state index is 0.472. The predicted molar refractivity (Wildman–Crippen MR) is 75.8 cm³/mol. The van der Waals surface area contributed by atoms with Crippen molar-refractivity contribution in [3.8, 4) is 0 Å². The third kappa shape index (κ3) is 2.02. The minimum absolute atomic E-state index is 0.472. The van der Waals surface area contributed by atoms with Crippen LogP contribution in [-0.4, -0.2) is 16.0 Å². The fourth-order valence-electron chi connectivity index (χ4n) is 2.43. The molecule has 5 nitrogen and oxygen atoms in total. The minimum Gasteiger partial charge on any atom is -0.367 e. The van der Waals surface area contributed by atoms with E-state index >= 15 is 0 Å². The van der Waals surface area contributed by atoms with Gasteiger partial charge in [-0.2, -0.15) is 4.98 Å². The zero-order valence-electron chi connectivity index (χ0n) is 10.5. The molecule has 1 saturated carbocycles. The standard InChI is InChI=1S/C12H17N5S/c1-6-3-8(4-6)14-10-9-5-7(2)18-11(9)16-12(15-10)17-13/h5-6,8H,3-4,13H2,1-2H3,(H2,14,15,16,17). The van der Waals surface area contributed by atoms with Crippen molar-refractivity contribution < 1.29 is 0 Å². The Morgan fingerprint density at radius 2 is 2.17 bits per heavy atom. The van der Waals surface area contributed by atoms with Crippen LogP contribution in [0.5, 0.6) is 0 Å². The SMILES string of the molecule is Cc1cc2c(NC3CC(C)C3)nc(NN)nc2s1. The van der Waals surface area contributed by atoms with Crippen molar-refractivity contribution in [3.63, 3.8) is 0 Å². The Morgan fingerprint density at radius 1 is 1.39 bits per heavy atom. The van der Waals surface area contributed by atoms with Crippen LogP contribution < -0.4 is 16.6 Å². The number of hydrazine groups is 1. The second-order valence-electron chi connectivity index (χ2n) is 5.03. The molecule has 1 fully saturated rings. The van der Waals surface area contributed by atoms with E-state index in [1.807, 2.05) is 0 Å². The molecule has 0 atom stereocenters. The lowest BCUT2D eigenvalue weighted by Gasteiger charge is -2.33. The largest absolute Gasteiger partial charge is 0.367 e. The molecule has 18 heavy (non-hydrogen) atoms. The fraction of sp³-hybridized carbons (Fsp3) is 0.500. The summed E-state index contributed by atoms with van der Waals surface area (Å²) in [6.07, 6.45) is 2.42. The highest BCUT2D eigenvalue weighted by atomic mass is 32.1. The van der Waals surface area contributed by atoms with Crippen molar-refractivity contribution in [2.75, 3.05) is 10.7 Å². The van der Waals surface area contributed by atoms with Crippen LogP contribution in [0.3, 0.4) is 0 Å². The van der Waals surface area contributed by atoms with Gasteiger partial charge < -0.3 is 5.32 Å². The topological polar surface area (TPSA) is 75.9 Å². The average molecular weight is 263 g/mol. The first-order chi connectivity index (χ1) is 8.65. The molecule has 4 N–H and O–H groups in total. The summed E-state index contributed by atoms with van der Waals surface area (Å²) >= 11 is 1.66. The van der Waals surface area contributed by atoms with Crippen LogP contribution in [0.1, 0.15) is 24.6 Å². The summed E-state index contributed by atoms with van der Waals surface area (Å²) in [7, 11) is 0. The summed E-state index contributed by atoms with van der Waals surface area (Å²) in [6.45, 7) is 4.35. The van der Waals surface area contributed by atoms with Crippen LogP contribution in [0.15, 0.2) is 6.07 Å². The van der Waals surface area contributed by atoms with Crippen LogP contribution in [0.25, 0.3) is 10.2 Å². The first-order valence-electron chi connectivity index (χ1n) is 6.17. The van der Waals surface area contributed by atoms with E-state index in [-0.39, 0.29) is 0 Å². The van der Waals surface area contributed by atoms with Crippen molar-refractivity contribution in [1.29, 1.82) is 0 Å². The molecule has 0 amide bonds. The molecular formula is C12H17N5S. The summed E-state index contributed by atoms with van der Waals surface area (Å²) in [6, 6.07) is 2.66. The van der Waals surface area contributed by atoms with E-state index < -0.39 is 0 Å². The number of fused-ring (bicyclic) bond motifs is 1. The maximum absolute atomic E-state index is 5.42. The number of nitrogens with two attached hydrogens (primary N) is 1. The summed E-state index contributed by atoms with van der Waals surface area (Å²) < 4.78 is 0. The number of nitrogens with zero attached hydrogens (tertiary/aromatic N) is 2. The van der Waals surface area contributed by atoms with E-state index in [1.54, 1.807) is 11.3 Å². The molecule has 0 radical (unpaired) electrons. The van der Waals surface area contributed by atoms with Gasteiger partial charge in [0.15, 0.2) is 0 Å². The summed E-state index contributed by atoms with van der Waals surface area (Å²) in [5.41, 5.74) is 2.53. The van der Waals surface area contributed by atoms with Gasteiger partial charge in [0, 0.05) is 10.9 Å². The highest BCUT2D eigenvalue weighted by Crippen LogP contribution is 2.33. The number of rotatable bonds is 3. The Hall–Kier alpha value is -1.40. The van der Waals surface area contributed by atoms with Gasteiger partial charge in [-0.1, -0.05) is 6.92 Å². The van der Waals surface area contributed by atoms with E-state index in [0.717, 1.165) is 22.0 Å². The predicted octanol–water partition coefficient (Wildman–Crippen LogP) is 2.50. The normalized spacial score (nSPS) is 22.8. The molecule has 0 unspecified atom stereocenters. The number of hydrogen-bond acceptors (Lipinski definition) is 6. The number of hydrogen-bond donors (Lipinski definition) is 3. The Balaban J connectivity index is 1.97. The molecule has 2 aromatic heterocycles. The zero-order chi connectivity index (χ0) is 12.7. The van der Waals surface area contributed by atoms with Crippen LogP contribution in [0.2, 0.25) is 0 Å². The summed E-state index contributed by atoms with van der Waals surface area (Å²) in [4.78, 5) is 11.0. The van der Waals surface area contributed by atoms with E-state index in [0.29, 0.717) is 12.0 Å². The van der Waals surface area contributed by atoms with Crippen LogP contribution in [0, 0.1) is 12.8 Å². The summed E-state index contributed by atoms with van der Waals surface area (Å²) in [5.74, 6) is 7.60. The molecule has 3 rings (SSSR count). The van der Waals surface area contributed by atoms with Crippen LogP contribution in [0.4, 0.5) is 11.8 Å². The smallest absolute Gasteiger partial charge is 0.240 e. The second kappa shape index (κ2) is 4.37. The second-order valence-corrected chi connectivity index (χ2v) is 6.27. The zero-order valence-corrected chi connectivity index (χ0v) is 11.3. The molecule has 6 heteroatoms. The summed E-state index contributed by atoms with van der Waals surface area (Å²) in [5, 5.41) is 4.59. The van der Waals surface area contributed by atoms with Gasteiger partial charge >= 0.3 is 0 Å². The number of nitrogen functional groups attached to an aromatic ring is 1. The first-order valence-corrected chi connectivity index (χ1v) is 6.98. The lowest BCUT2D eigenvalue weighted by Crippen LogP contribution is -2.34. The lowest BCUT2D eigenvalue weighted by atomic mass is 9.82. The first kappa shape index (κ1) is 11.7. The van der Waals surface area contributed by atoms with Crippen LogP contribution in [-0.2, 0) is 0 Å². The van der Waals surface area contributed by atoms with Crippen molar-refractivity contribution in [1.82, 2.24) is 9.97 Å². The van der Waals surface area contributed by atoms with E-state index in [2.05, 4.69) is 40.6 Å². The van der Waals surface area contributed by atoms with Gasteiger partial charge in [-0.05, 0) is 31.7 Å². The Kier molecular flexibility index (Phi) is 2.83. The van der Waals surface area contributed by atoms with Crippen molar-refractivity contribution in [2.45, 2.75) is 32.7 Å². The third-order valence-electron chi connectivity index (χ3n) is 3.36. The Labute approximate surface area is 110 Å². The van der Waals surface area contributed by atoms with Gasteiger partial charge in [0.2, 0.25) is 5.95 Å². The van der Waals surface area contributed by atoms with Crippen molar-refractivity contribution in [2.24, 2.45) is 11.8 Å². The number of aromatic nitrogens is 2. The van der Waals surface area contributed by atoms with Gasteiger partial charge in [-0.3, -0.25) is 5.43 Å². The van der Waals surface area contributed by atoms with E-state index in [1.165, 1.54) is 17.7 Å². The quantitative estimate of drug-likeness (QED) is 0.586. The number of aryl methyl sites for hydroxylation is 1. The number of thiophene rings is 1. The van der Waals surface area contributed by atoms with Crippen LogP contribution >= 0.6 is 11.3 Å². The fourth-order valence-corrected chi connectivity index (χ4v) is 3.31. The molecule has 2 heterocycles. The van der Waals surface area contributed by atoms with Gasteiger partial charge in [0.25, 0.3) is 0 Å². The molecule has 0 aromatic carbocycles. The molecule has 0 spiro atoms. The van der Waals surface area contributed by atoms with Crippen molar-refractivity contribution >= 4 is 33.3 Å². The van der Waals surface area contributed by atoms with Crippen molar-refractivity contribution in [3.05, 3.63) is 10.9 Å². The molecule has 0 bridgehead atoms. The van der Waals surface area contributed by atoms with Gasteiger partial charge in [0.1, 0.15) is 10.6 Å². The Bertz CT molecular complexity index is 573. The van der Waals surface area contributed by atoms with Gasteiger partial charge in [-0.15, -0.1) is 11.3 Å². The lowest BCUT2D eigenvalue weighted by molar-refractivity contribution is 0.309. The van der Waals surface area contributed by atoms with Gasteiger partial charge in [0.05, 0.1) is 5.39 Å². The highest BCUT2D eigenvalue weighted by molar-refractivity contribution is 7.18. The molecule has 0 aliphatic heterocycles. The molecule has 96 valence electrons. The van der Waals surface area contributed by atoms with E-state index in [4.69, 9.17) is 5.84 Å².